The molecule has 0 aromatic heterocycles. The molecule has 1 amide bonds. The zero-order valence-corrected chi connectivity index (χ0v) is 16.0. The van der Waals surface area contributed by atoms with Gasteiger partial charge in [-0.15, -0.1) is 0 Å². The molecule has 2 aromatic rings. The summed E-state index contributed by atoms with van der Waals surface area (Å²) in [5, 5.41) is 3.74. The molecule has 0 fully saturated rings. The summed E-state index contributed by atoms with van der Waals surface area (Å²) in [6.45, 7) is 3.27. The molecular weight excluding hydrogens is 354 g/mol. The number of ether oxygens (including phenoxy) is 1. The number of nitrogens with one attached hydrogen (secondary N) is 1. The molecule has 134 valence electrons. The Morgan fingerprint density at radius 3 is 2.68 bits per heavy atom. The van der Waals surface area contributed by atoms with Gasteiger partial charge in [-0.3, -0.25) is 4.79 Å². The van der Waals surface area contributed by atoms with Crippen LogP contribution in [0.25, 0.3) is 0 Å². The average molecular weight is 378 g/mol. The number of carbonyl (C=O) groups excluding carboxylic acids is 1. The van der Waals surface area contributed by atoms with E-state index >= 15 is 0 Å². The molecule has 2 aromatic carbocycles. The van der Waals surface area contributed by atoms with Crippen LogP contribution in [0.1, 0.15) is 24.0 Å². The first-order valence-electron chi connectivity index (χ1n) is 8.42. The number of hydrogen-bond acceptors (Lipinski definition) is 3. The Morgan fingerprint density at radius 1 is 1.16 bits per heavy atom. The Balaban J connectivity index is 1.49. The monoisotopic (exact) mass is 377 g/mol. The highest BCUT2D eigenvalue weighted by atomic mass is 35.5. The second-order valence-electron chi connectivity index (χ2n) is 5.76. The van der Waals surface area contributed by atoms with Crippen LogP contribution in [0.4, 0.5) is 0 Å². The van der Waals surface area contributed by atoms with Gasteiger partial charge in [0.05, 0.1) is 6.61 Å². The number of rotatable bonds is 10. The Morgan fingerprint density at radius 2 is 1.92 bits per heavy atom. The van der Waals surface area contributed by atoms with Crippen molar-refractivity contribution < 1.29 is 9.53 Å². The molecule has 0 spiro atoms. The molecule has 25 heavy (non-hydrogen) atoms. The molecule has 5 heteroatoms. The van der Waals surface area contributed by atoms with E-state index < -0.39 is 0 Å². The summed E-state index contributed by atoms with van der Waals surface area (Å²) in [6, 6.07) is 15.8. The van der Waals surface area contributed by atoms with Crippen LogP contribution in [-0.2, 0) is 10.5 Å². The van der Waals surface area contributed by atoms with Gasteiger partial charge < -0.3 is 10.1 Å². The smallest absolute Gasteiger partial charge is 0.220 e. The van der Waals surface area contributed by atoms with Crippen LogP contribution in [0.15, 0.2) is 48.5 Å². The van der Waals surface area contributed by atoms with Crippen molar-refractivity contribution in [2.75, 3.05) is 18.9 Å². The second-order valence-corrected chi connectivity index (χ2v) is 7.27. The molecule has 0 atom stereocenters. The third-order valence-electron chi connectivity index (χ3n) is 3.62. The highest BCUT2D eigenvalue weighted by molar-refractivity contribution is 7.98. The lowest BCUT2D eigenvalue weighted by atomic mass is 10.2. The van der Waals surface area contributed by atoms with Crippen LogP contribution in [0.5, 0.6) is 5.75 Å². The molecule has 0 aliphatic heterocycles. The molecule has 0 saturated heterocycles. The van der Waals surface area contributed by atoms with Gasteiger partial charge >= 0.3 is 0 Å². The second kappa shape index (κ2) is 11.1. The lowest BCUT2D eigenvalue weighted by Crippen LogP contribution is -2.25. The number of hydrogen-bond donors (Lipinski definition) is 1. The van der Waals surface area contributed by atoms with Gasteiger partial charge in [0.2, 0.25) is 5.91 Å². The summed E-state index contributed by atoms with van der Waals surface area (Å²) in [6.07, 6.45) is 1.20. The first-order valence-corrected chi connectivity index (χ1v) is 9.96. The number of aryl methyl sites for hydroxylation is 1. The van der Waals surface area contributed by atoms with Crippen LogP contribution in [-0.4, -0.2) is 24.8 Å². The van der Waals surface area contributed by atoms with Gasteiger partial charge in [0.15, 0.2) is 0 Å². The summed E-state index contributed by atoms with van der Waals surface area (Å²) in [4.78, 5) is 11.8. The molecule has 0 aliphatic rings. The summed E-state index contributed by atoms with van der Waals surface area (Å²) >= 11 is 7.88. The number of thioether (sulfide) groups is 1. The Labute approximate surface area is 159 Å². The van der Waals surface area contributed by atoms with Crippen LogP contribution in [0.2, 0.25) is 5.02 Å². The molecule has 0 bridgehead atoms. The maximum Gasteiger partial charge on any atom is 0.220 e. The van der Waals surface area contributed by atoms with Crippen molar-refractivity contribution in [1.29, 1.82) is 0 Å². The van der Waals surface area contributed by atoms with E-state index in [1.54, 1.807) is 11.8 Å². The Kier molecular flexibility index (Phi) is 8.70. The number of carbonyl (C=O) groups is 1. The van der Waals surface area contributed by atoms with E-state index in [1.807, 2.05) is 55.5 Å². The quantitative estimate of drug-likeness (QED) is 0.601. The van der Waals surface area contributed by atoms with Crippen molar-refractivity contribution >= 4 is 29.3 Å². The fraction of sp³-hybridized carbons (Fsp3) is 0.350. The SMILES string of the molecule is Cc1ccc(OCCCC(=O)NCCSCc2ccccc2Cl)cc1. The predicted molar refractivity (Wildman–Crippen MR) is 107 cm³/mol. The molecule has 0 heterocycles. The first kappa shape index (κ1) is 19.7. The van der Waals surface area contributed by atoms with Gasteiger partial charge in [0, 0.05) is 29.5 Å². The fourth-order valence-corrected chi connectivity index (χ4v) is 3.35. The van der Waals surface area contributed by atoms with Crippen LogP contribution in [0.3, 0.4) is 0 Å². The van der Waals surface area contributed by atoms with E-state index in [1.165, 1.54) is 5.56 Å². The summed E-state index contributed by atoms with van der Waals surface area (Å²) < 4.78 is 5.62. The number of halogens is 1. The lowest BCUT2D eigenvalue weighted by molar-refractivity contribution is -0.121. The first-order chi connectivity index (χ1) is 12.1. The van der Waals surface area contributed by atoms with Crippen molar-refractivity contribution in [2.24, 2.45) is 0 Å². The molecule has 2 rings (SSSR count). The largest absolute Gasteiger partial charge is 0.494 e. The Bertz CT molecular complexity index is 661. The summed E-state index contributed by atoms with van der Waals surface area (Å²) in [5.74, 6) is 2.66. The normalized spacial score (nSPS) is 10.5. The van der Waals surface area contributed by atoms with Gasteiger partial charge in [0.1, 0.15) is 5.75 Å². The zero-order valence-electron chi connectivity index (χ0n) is 14.5. The fourth-order valence-electron chi connectivity index (χ4n) is 2.21. The van der Waals surface area contributed by atoms with Gasteiger partial charge in [0.25, 0.3) is 0 Å². The van der Waals surface area contributed by atoms with E-state index in [9.17, 15) is 4.79 Å². The summed E-state index contributed by atoms with van der Waals surface area (Å²) in [5.41, 5.74) is 2.34. The molecule has 1 N–H and O–H groups in total. The topological polar surface area (TPSA) is 38.3 Å². The average Bonchev–Trinajstić information content (AvgIpc) is 2.61. The van der Waals surface area contributed by atoms with E-state index in [4.69, 9.17) is 16.3 Å². The Hall–Kier alpha value is -1.65. The molecule has 0 aliphatic carbocycles. The highest BCUT2D eigenvalue weighted by Crippen LogP contribution is 2.20. The molecule has 0 unspecified atom stereocenters. The van der Waals surface area contributed by atoms with Crippen LogP contribution in [0, 0.1) is 6.92 Å². The molecule has 0 radical (unpaired) electrons. The van der Waals surface area contributed by atoms with E-state index in [0.29, 0.717) is 26.0 Å². The highest BCUT2D eigenvalue weighted by Gasteiger charge is 2.02. The standard InChI is InChI=1S/C20H24ClNO2S/c1-16-8-10-18(11-9-16)24-13-4-7-20(23)22-12-14-25-15-17-5-2-3-6-19(17)21/h2-3,5-6,8-11H,4,7,12-15H2,1H3,(H,22,23). The third kappa shape index (κ3) is 7.84. The maximum atomic E-state index is 11.8. The minimum absolute atomic E-state index is 0.0749. The van der Waals surface area contributed by atoms with Gasteiger partial charge in [-0.05, 0) is 37.1 Å². The minimum atomic E-state index is 0.0749. The molecule has 3 nitrogen and oxygen atoms in total. The van der Waals surface area contributed by atoms with E-state index in [2.05, 4.69) is 5.32 Å². The van der Waals surface area contributed by atoms with E-state index in [-0.39, 0.29) is 5.91 Å². The van der Waals surface area contributed by atoms with Gasteiger partial charge in [-0.1, -0.05) is 47.5 Å². The van der Waals surface area contributed by atoms with Crippen LogP contribution >= 0.6 is 23.4 Å². The van der Waals surface area contributed by atoms with Gasteiger partial charge in [-0.25, -0.2) is 0 Å². The number of amides is 1. The van der Waals surface area contributed by atoms with Gasteiger partial charge in [-0.2, -0.15) is 11.8 Å². The predicted octanol–water partition coefficient (Wildman–Crippen LogP) is 4.86. The van der Waals surface area contributed by atoms with Crippen molar-refractivity contribution in [2.45, 2.75) is 25.5 Å². The number of benzene rings is 2. The van der Waals surface area contributed by atoms with Crippen molar-refractivity contribution in [3.05, 3.63) is 64.7 Å². The lowest BCUT2D eigenvalue weighted by Gasteiger charge is -2.08. The van der Waals surface area contributed by atoms with Crippen molar-refractivity contribution in [3.8, 4) is 5.75 Å². The molecular formula is C20H24ClNO2S. The van der Waals surface area contributed by atoms with Crippen molar-refractivity contribution in [1.82, 2.24) is 5.32 Å². The third-order valence-corrected chi connectivity index (χ3v) is 5.00. The maximum absolute atomic E-state index is 11.8. The molecule has 0 saturated carbocycles. The zero-order chi connectivity index (χ0) is 17.9. The minimum Gasteiger partial charge on any atom is -0.494 e. The van der Waals surface area contributed by atoms with Crippen molar-refractivity contribution in [3.63, 3.8) is 0 Å². The summed E-state index contributed by atoms with van der Waals surface area (Å²) in [7, 11) is 0. The van der Waals surface area contributed by atoms with Crippen LogP contribution < -0.4 is 10.1 Å². The van der Waals surface area contributed by atoms with E-state index in [0.717, 1.165) is 27.8 Å².